The van der Waals surface area contributed by atoms with Crippen LogP contribution in [0, 0.1) is 0 Å². The number of carbonyl (C=O) groups is 1. The molecular weight excluding hydrogens is 306 g/mol. The van der Waals surface area contributed by atoms with Gasteiger partial charge in [0.1, 0.15) is 6.10 Å². The van der Waals surface area contributed by atoms with Gasteiger partial charge in [0, 0.05) is 6.04 Å². The summed E-state index contributed by atoms with van der Waals surface area (Å²) >= 11 is 0. The molecule has 1 aromatic rings. The van der Waals surface area contributed by atoms with E-state index in [0.717, 1.165) is 25.7 Å². The Morgan fingerprint density at radius 2 is 1.83 bits per heavy atom. The molecule has 0 spiro atoms. The molecule has 6 nitrogen and oxygen atoms in total. The quantitative estimate of drug-likeness (QED) is 0.805. The van der Waals surface area contributed by atoms with Crippen molar-refractivity contribution in [1.82, 2.24) is 15.5 Å². The zero-order valence-electron chi connectivity index (χ0n) is 14.6. The van der Waals surface area contributed by atoms with Gasteiger partial charge in [0.2, 0.25) is 5.91 Å². The van der Waals surface area contributed by atoms with Crippen molar-refractivity contribution in [2.75, 3.05) is 0 Å². The minimum absolute atomic E-state index is 0.0217. The molecule has 24 heavy (non-hydrogen) atoms. The third-order valence-electron chi connectivity index (χ3n) is 5.07. The molecule has 0 bridgehead atoms. The number of ether oxygens (including phenoxy) is 1. The van der Waals surface area contributed by atoms with Crippen LogP contribution in [0.4, 0.5) is 0 Å². The van der Waals surface area contributed by atoms with E-state index in [0.29, 0.717) is 17.8 Å². The van der Waals surface area contributed by atoms with Gasteiger partial charge in [0.15, 0.2) is 5.82 Å². The molecule has 134 valence electrons. The second kappa shape index (κ2) is 8.60. The van der Waals surface area contributed by atoms with Crippen LogP contribution >= 0.6 is 0 Å². The van der Waals surface area contributed by atoms with Crippen molar-refractivity contribution >= 4 is 5.91 Å². The van der Waals surface area contributed by atoms with Crippen molar-refractivity contribution in [2.45, 2.75) is 95.8 Å². The van der Waals surface area contributed by atoms with Gasteiger partial charge in [-0.15, -0.1) is 0 Å². The highest BCUT2D eigenvalue weighted by atomic mass is 16.5. The Balaban J connectivity index is 1.47. The molecule has 0 saturated heterocycles. The normalized spacial score (nSPS) is 21.5. The second-order valence-electron chi connectivity index (χ2n) is 7.17. The van der Waals surface area contributed by atoms with Crippen molar-refractivity contribution in [1.29, 1.82) is 0 Å². The first-order valence-corrected chi connectivity index (χ1v) is 9.48. The third kappa shape index (κ3) is 5.03. The van der Waals surface area contributed by atoms with Gasteiger partial charge in [-0.25, -0.2) is 0 Å². The maximum atomic E-state index is 12.0. The topological polar surface area (TPSA) is 77.2 Å². The molecule has 2 aliphatic carbocycles. The van der Waals surface area contributed by atoms with Crippen LogP contribution in [0.15, 0.2) is 4.52 Å². The monoisotopic (exact) mass is 335 g/mol. The molecule has 2 aliphatic rings. The zero-order chi connectivity index (χ0) is 16.8. The van der Waals surface area contributed by atoms with Crippen molar-refractivity contribution in [2.24, 2.45) is 0 Å². The average molecular weight is 335 g/mol. The Morgan fingerprint density at radius 1 is 1.17 bits per heavy atom. The fourth-order valence-electron chi connectivity index (χ4n) is 3.72. The van der Waals surface area contributed by atoms with Crippen LogP contribution in [0.3, 0.4) is 0 Å². The maximum absolute atomic E-state index is 12.0. The fraction of sp³-hybridized carbons (Fsp3) is 0.833. The molecule has 0 aliphatic heterocycles. The van der Waals surface area contributed by atoms with Gasteiger partial charge in [0.05, 0.1) is 12.5 Å². The predicted octanol–water partition coefficient (Wildman–Crippen LogP) is 3.47. The number of aromatic nitrogens is 2. The number of nitrogens with zero attached hydrogens (tertiary/aromatic N) is 2. The first-order valence-electron chi connectivity index (χ1n) is 9.48. The Labute approximate surface area is 143 Å². The van der Waals surface area contributed by atoms with E-state index >= 15 is 0 Å². The van der Waals surface area contributed by atoms with Crippen molar-refractivity contribution < 1.29 is 14.1 Å². The Bertz CT molecular complexity index is 517. The van der Waals surface area contributed by atoms with E-state index in [1.165, 1.54) is 38.5 Å². The fourth-order valence-corrected chi connectivity index (χ4v) is 3.72. The number of hydrogen-bond donors (Lipinski definition) is 1. The number of hydrogen-bond acceptors (Lipinski definition) is 5. The number of carbonyl (C=O) groups excluding carboxylic acids is 1. The van der Waals surface area contributed by atoms with Gasteiger partial charge in [-0.05, 0) is 32.6 Å². The SMILES string of the molecule is C[C@@H](OC1CCCCCC1)c1nc(CC(=O)NC2CCCC2)no1. The van der Waals surface area contributed by atoms with E-state index in [2.05, 4.69) is 15.5 Å². The first-order chi connectivity index (χ1) is 11.7. The van der Waals surface area contributed by atoms with E-state index in [-0.39, 0.29) is 24.5 Å². The van der Waals surface area contributed by atoms with Gasteiger partial charge in [-0.2, -0.15) is 4.98 Å². The highest BCUT2D eigenvalue weighted by Crippen LogP contribution is 2.25. The van der Waals surface area contributed by atoms with Crippen LogP contribution in [0.25, 0.3) is 0 Å². The molecule has 0 aromatic carbocycles. The summed E-state index contributed by atoms with van der Waals surface area (Å²) in [6.45, 7) is 1.95. The smallest absolute Gasteiger partial charge is 0.255 e. The van der Waals surface area contributed by atoms with Crippen molar-refractivity contribution in [3.05, 3.63) is 11.7 Å². The van der Waals surface area contributed by atoms with E-state index in [1.807, 2.05) is 6.92 Å². The number of nitrogens with one attached hydrogen (secondary N) is 1. The molecule has 0 unspecified atom stereocenters. The molecule has 1 amide bonds. The van der Waals surface area contributed by atoms with E-state index in [1.54, 1.807) is 0 Å². The summed E-state index contributed by atoms with van der Waals surface area (Å²) in [5.74, 6) is 0.895. The second-order valence-corrected chi connectivity index (χ2v) is 7.17. The van der Waals surface area contributed by atoms with Crippen LogP contribution in [0.2, 0.25) is 0 Å². The molecular formula is C18H29N3O3. The van der Waals surface area contributed by atoms with Crippen LogP contribution in [0.1, 0.15) is 89.0 Å². The van der Waals surface area contributed by atoms with Gasteiger partial charge in [-0.1, -0.05) is 43.7 Å². The molecule has 2 fully saturated rings. The summed E-state index contributed by atoms with van der Waals surface area (Å²) < 4.78 is 11.4. The Hall–Kier alpha value is -1.43. The van der Waals surface area contributed by atoms with Crippen LogP contribution in [-0.4, -0.2) is 28.2 Å². The predicted molar refractivity (Wildman–Crippen MR) is 89.4 cm³/mol. The first kappa shape index (κ1) is 17.4. The maximum Gasteiger partial charge on any atom is 0.255 e. The largest absolute Gasteiger partial charge is 0.365 e. The molecule has 1 N–H and O–H groups in total. The minimum atomic E-state index is -0.216. The summed E-state index contributed by atoms with van der Waals surface area (Å²) in [5, 5.41) is 6.98. The summed E-state index contributed by atoms with van der Waals surface area (Å²) in [4.78, 5) is 16.4. The van der Waals surface area contributed by atoms with Gasteiger partial charge in [-0.3, -0.25) is 4.79 Å². The third-order valence-corrected chi connectivity index (χ3v) is 5.07. The lowest BCUT2D eigenvalue weighted by Gasteiger charge is -2.18. The van der Waals surface area contributed by atoms with Crippen molar-refractivity contribution in [3.8, 4) is 0 Å². The highest BCUT2D eigenvalue weighted by molar-refractivity contribution is 5.78. The molecule has 2 saturated carbocycles. The van der Waals surface area contributed by atoms with E-state index < -0.39 is 0 Å². The van der Waals surface area contributed by atoms with Crippen molar-refractivity contribution in [3.63, 3.8) is 0 Å². The van der Waals surface area contributed by atoms with Gasteiger partial charge >= 0.3 is 0 Å². The Kier molecular flexibility index (Phi) is 6.24. The van der Waals surface area contributed by atoms with Crippen LogP contribution in [-0.2, 0) is 16.0 Å². The summed E-state index contributed by atoms with van der Waals surface area (Å²) in [6.07, 6.45) is 12.1. The molecule has 1 atom stereocenters. The molecule has 1 aromatic heterocycles. The van der Waals surface area contributed by atoms with E-state index in [4.69, 9.17) is 9.26 Å². The summed E-state index contributed by atoms with van der Waals surface area (Å²) in [5.41, 5.74) is 0. The number of amides is 1. The van der Waals surface area contributed by atoms with E-state index in [9.17, 15) is 4.79 Å². The summed E-state index contributed by atoms with van der Waals surface area (Å²) in [6, 6.07) is 0.321. The zero-order valence-corrected chi connectivity index (χ0v) is 14.6. The lowest BCUT2D eigenvalue weighted by Crippen LogP contribution is -2.33. The molecule has 6 heteroatoms. The lowest BCUT2D eigenvalue weighted by molar-refractivity contribution is -0.121. The standard InChI is InChI=1S/C18H29N3O3/c1-13(23-15-10-4-2-3-5-11-15)18-20-16(21-24-18)12-17(22)19-14-8-6-7-9-14/h13-15H,2-12H2,1H3,(H,19,22)/t13-/m1/s1. The molecule has 3 rings (SSSR count). The minimum Gasteiger partial charge on any atom is -0.365 e. The lowest BCUT2D eigenvalue weighted by atomic mass is 10.1. The highest BCUT2D eigenvalue weighted by Gasteiger charge is 2.22. The van der Waals surface area contributed by atoms with Crippen LogP contribution < -0.4 is 5.32 Å². The molecule has 0 radical (unpaired) electrons. The molecule has 1 heterocycles. The Morgan fingerprint density at radius 3 is 2.54 bits per heavy atom. The summed E-state index contributed by atoms with van der Waals surface area (Å²) in [7, 11) is 0. The number of rotatable bonds is 6. The van der Waals surface area contributed by atoms with Crippen LogP contribution in [0.5, 0.6) is 0 Å². The average Bonchev–Trinajstić information content (AvgIpc) is 3.16. The van der Waals surface area contributed by atoms with Gasteiger partial charge < -0.3 is 14.6 Å². The van der Waals surface area contributed by atoms with Gasteiger partial charge in [0.25, 0.3) is 5.89 Å².